The normalized spacial score (nSPS) is 14.4. The Morgan fingerprint density at radius 2 is 1.62 bits per heavy atom. The zero-order valence-corrected chi connectivity index (χ0v) is 26.6. The molecule has 1 aromatic heterocycles. The molecule has 1 atom stereocenters. The molecule has 0 unspecified atom stereocenters. The van der Waals surface area contributed by atoms with Crippen LogP contribution in [-0.2, 0) is 20.9 Å². The van der Waals surface area contributed by atoms with Crippen LogP contribution in [0, 0.1) is 6.92 Å². The lowest BCUT2D eigenvalue weighted by atomic mass is 9.95. The SMILES string of the molecule is CCOC(=O)C1=C(C)N=c2s/c(=C\c3cccc(OC)c3OCc3ccc(C(=O)OCC)cc3)c(=O)n2[C@@H]1c1ccc(C)cc1. The number of carbonyl (C=O) groups excluding carboxylic acids is 2. The number of aromatic nitrogens is 1. The van der Waals surface area contributed by atoms with Gasteiger partial charge in [-0.15, -0.1) is 0 Å². The maximum atomic E-state index is 14.1. The number of methoxy groups -OCH3 is 1. The number of para-hydroxylation sites is 1. The van der Waals surface area contributed by atoms with Crippen LogP contribution < -0.4 is 24.4 Å². The van der Waals surface area contributed by atoms with Gasteiger partial charge >= 0.3 is 11.9 Å². The number of allylic oxidation sites excluding steroid dienone is 1. The van der Waals surface area contributed by atoms with Gasteiger partial charge in [0, 0.05) is 5.56 Å². The maximum absolute atomic E-state index is 14.1. The predicted molar refractivity (Wildman–Crippen MR) is 171 cm³/mol. The zero-order chi connectivity index (χ0) is 32.1. The second-order valence-electron chi connectivity index (χ2n) is 10.3. The van der Waals surface area contributed by atoms with Crippen molar-refractivity contribution in [3.8, 4) is 11.5 Å². The largest absolute Gasteiger partial charge is 0.493 e. The molecule has 0 radical (unpaired) electrons. The number of hydrogen-bond donors (Lipinski definition) is 0. The van der Waals surface area contributed by atoms with E-state index in [0.717, 1.165) is 16.7 Å². The minimum absolute atomic E-state index is 0.196. The number of carbonyl (C=O) groups is 2. The first-order valence-corrected chi connectivity index (χ1v) is 15.4. The minimum atomic E-state index is -0.693. The molecule has 2 heterocycles. The van der Waals surface area contributed by atoms with Crippen molar-refractivity contribution in [2.24, 2.45) is 4.99 Å². The molecule has 0 N–H and O–H groups in total. The Labute approximate surface area is 264 Å². The molecule has 45 heavy (non-hydrogen) atoms. The first-order chi connectivity index (χ1) is 21.7. The van der Waals surface area contributed by atoms with E-state index in [2.05, 4.69) is 4.99 Å². The Kier molecular flexibility index (Phi) is 9.63. The minimum Gasteiger partial charge on any atom is -0.493 e. The molecule has 0 amide bonds. The molecule has 0 saturated carbocycles. The van der Waals surface area contributed by atoms with Gasteiger partial charge < -0.3 is 18.9 Å². The van der Waals surface area contributed by atoms with Crippen LogP contribution in [0.4, 0.5) is 0 Å². The Morgan fingerprint density at radius 1 is 0.933 bits per heavy atom. The van der Waals surface area contributed by atoms with E-state index >= 15 is 0 Å². The van der Waals surface area contributed by atoms with Gasteiger partial charge in [-0.25, -0.2) is 14.6 Å². The summed E-state index contributed by atoms with van der Waals surface area (Å²) in [5.41, 5.74) is 4.32. The number of hydrogen-bond acceptors (Lipinski definition) is 9. The van der Waals surface area contributed by atoms with Gasteiger partial charge in [-0.1, -0.05) is 65.4 Å². The summed E-state index contributed by atoms with van der Waals surface area (Å²) in [5, 5.41) is 0. The van der Waals surface area contributed by atoms with Crippen molar-refractivity contribution in [1.82, 2.24) is 4.57 Å². The molecular weight excluding hydrogens is 592 g/mol. The number of esters is 2. The van der Waals surface area contributed by atoms with Crippen LogP contribution in [0.1, 0.15) is 59.4 Å². The summed E-state index contributed by atoms with van der Waals surface area (Å²) >= 11 is 1.24. The van der Waals surface area contributed by atoms with Crippen LogP contribution in [-0.4, -0.2) is 36.8 Å². The van der Waals surface area contributed by atoms with E-state index in [0.29, 0.717) is 49.8 Å². The molecule has 0 spiro atoms. The van der Waals surface area contributed by atoms with Gasteiger partial charge in [0.1, 0.15) is 6.61 Å². The van der Waals surface area contributed by atoms with E-state index in [9.17, 15) is 14.4 Å². The second-order valence-corrected chi connectivity index (χ2v) is 11.3. The molecule has 0 fully saturated rings. The van der Waals surface area contributed by atoms with Crippen molar-refractivity contribution in [2.75, 3.05) is 20.3 Å². The molecule has 0 aliphatic carbocycles. The number of nitrogens with zero attached hydrogens (tertiary/aromatic N) is 2. The number of ether oxygens (including phenoxy) is 4. The Balaban J connectivity index is 1.55. The van der Waals surface area contributed by atoms with Crippen molar-refractivity contribution in [3.63, 3.8) is 0 Å². The molecule has 3 aromatic carbocycles. The topological polar surface area (TPSA) is 105 Å². The third-order valence-corrected chi connectivity index (χ3v) is 8.26. The number of thiazole rings is 1. The summed E-state index contributed by atoms with van der Waals surface area (Å²) in [7, 11) is 1.55. The van der Waals surface area contributed by atoms with Gasteiger partial charge in [-0.3, -0.25) is 9.36 Å². The maximum Gasteiger partial charge on any atom is 0.338 e. The Hall–Kier alpha value is -4.96. The van der Waals surface area contributed by atoms with E-state index in [-0.39, 0.29) is 24.7 Å². The fourth-order valence-electron chi connectivity index (χ4n) is 5.07. The highest BCUT2D eigenvalue weighted by molar-refractivity contribution is 7.07. The molecule has 1 aliphatic rings. The van der Waals surface area contributed by atoms with Gasteiger partial charge in [-0.2, -0.15) is 0 Å². The standard InChI is InChI=1S/C35H34N2O7S/c1-6-42-33(39)25-17-13-23(14-18-25)20-44-31-26(9-8-10-27(31)41-5)19-28-32(38)37-30(24-15-11-21(3)12-16-24)29(34(40)43-7-2)22(4)36-35(37)45-28/h8-19,30H,6-7,20H2,1-5H3/b28-19-/t30-/m1/s1. The summed E-state index contributed by atoms with van der Waals surface area (Å²) in [4.78, 5) is 44.4. The Morgan fingerprint density at radius 3 is 2.29 bits per heavy atom. The van der Waals surface area contributed by atoms with Crippen molar-refractivity contribution in [1.29, 1.82) is 0 Å². The van der Waals surface area contributed by atoms with Gasteiger partial charge in [0.15, 0.2) is 16.3 Å². The lowest BCUT2D eigenvalue weighted by Crippen LogP contribution is -2.39. The van der Waals surface area contributed by atoms with E-state index in [4.69, 9.17) is 18.9 Å². The fourth-order valence-corrected chi connectivity index (χ4v) is 6.10. The number of rotatable bonds is 10. The van der Waals surface area contributed by atoms with Crippen molar-refractivity contribution < 1.29 is 28.5 Å². The monoisotopic (exact) mass is 626 g/mol. The van der Waals surface area contributed by atoms with Crippen molar-refractivity contribution in [3.05, 3.63) is 126 Å². The molecule has 4 aromatic rings. The smallest absolute Gasteiger partial charge is 0.338 e. The van der Waals surface area contributed by atoms with Crippen molar-refractivity contribution >= 4 is 29.4 Å². The summed E-state index contributed by atoms with van der Waals surface area (Å²) in [6, 6.07) is 19.5. The van der Waals surface area contributed by atoms with Crippen LogP contribution in [0.2, 0.25) is 0 Å². The quantitative estimate of drug-likeness (QED) is 0.231. The zero-order valence-electron chi connectivity index (χ0n) is 25.8. The van der Waals surface area contributed by atoms with Crippen LogP contribution in [0.5, 0.6) is 11.5 Å². The fraction of sp³-hybridized carbons (Fsp3) is 0.257. The molecule has 9 nitrogen and oxygen atoms in total. The second kappa shape index (κ2) is 13.8. The first kappa shape index (κ1) is 31.5. The highest BCUT2D eigenvalue weighted by Crippen LogP contribution is 2.33. The van der Waals surface area contributed by atoms with E-state index in [1.807, 2.05) is 43.3 Å². The first-order valence-electron chi connectivity index (χ1n) is 14.6. The molecule has 0 saturated heterocycles. The molecule has 10 heteroatoms. The average Bonchev–Trinajstić information content (AvgIpc) is 3.34. The van der Waals surface area contributed by atoms with Gasteiger partial charge in [0.2, 0.25) is 0 Å². The van der Waals surface area contributed by atoms with Gasteiger partial charge in [-0.05, 0) is 63.1 Å². The third kappa shape index (κ3) is 6.61. The summed E-state index contributed by atoms with van der Waals surface area (Å²) in [6.07, 6.45) is 1.75. The summed E-state index contributed by atoms with van der Waals surface area (Å²) in [5.74, 6) is 0.0708. The molecule has 232 valence electrons. The highest BCUT2D eigenvalue weighted by Gasteiger charge is 2.33. The molecule has 5 rings (SSSR count). The summed E-state index contributed by atoms with van der Waals surface area (Å²) < 4.78 is 24.3. The lowest BCUT2D eigenvalue weighted by molar-refractivity contribution is -0.139. The Bertz CT molecular complexity index is 1940. The third-order valence-electron chi connectivity index (χ3n) is 7.27. The van der Waals surface area contributed by atoms with Crippen LogP contribution in [0.25, 0.3) is 6.08 Å². The number of benzene rings is 3. The van der Waals surface area contributed by atoms with Crippen LogP contribution in [0.15, 0.2) is 87.8 Å². The van der Waals surface area contributed by atoms with Crippen molar-refractivity contribution in [2.45, 2.75) is 40.3 Å². The molecule has 1 aliphatic heterocycles. The van der Waals surface area contributed by atoms with E-state index in [1.54, 1.807) is 68.9 Å². The van der Waals surface area contributed by atoms with Gasteiger partial charge in [0.25, 0.3) is 5.56 Å². The predicted octanol–water partition coefficient (Wildman–Crippen LogP) is 4.87. The number of fused-ring (bicyclic) bond motifs is 1. The number of aryl methyl sites for hydroxylation is 1. The van der Waals surface area contributed by atoms with E-state index in [1.165, 1.54) is 11.3 Å². The molecular formula is C35H34N2O7S. The summed E-state index contributed by atoms with van der Waals surface area (Å²) in [6.45, 7) is 7.95. The lowest BCUT2D eigenvalue weighted by Gasteiger charge is -2.24. The highest BCUT2D eigenvalue weighted by atomic mass is 32.1. The van der Waals surface area contributed by atoms with Crippen LogP contribution in [0.3, 0.4) is 0 Å². The van der Waals surface area contributed by atoms with E-state index < -0.39 is 12.0 Å². The van der Waals surface area contributed by atoms with Crippen LogP contribution >= 0.6 is 11.3 Å². The molecule has 0 bridgehead atoms. The average molecular weight is 627 g/mol. The van der Waals surface area contributed by atoms with Gasteiger partial charge in [0.05, 0.1) is 47.7 Å².